The van der Waals surface area contributed by atoms with Crippen molar-refractivity contribution in [2.24, 2.45) is 0 Å². The fourth-order valence-electron chi connectivity index (χ4n) is 1.42. The summed E-state index contributed by atoms with van der Waals surface area (Å²) in [5.74, 6) is 0. The molecule has 0 saturated carbocycles. The van der Waals surface area contributed by atoms with E-state index in [1.54, 1.807) is 6.07 Å². The summed E-state index contributed by atoms with van der Waals surface area (Å²) in [4.78, 5) is 0. The van der Waals surface area contributed by atoms with E-state index in [4.69, 9.17) is 5.26 Å². The maximum Gasteiger partial charge on any atom is 0.110 e. The Labute approximate surface area is 82.6 Å². The van der Waals surface area contributed by atoms with Gasteiger partial charge in [0.1, 0.15) is 11.6 Å². The highest BCUT2D eigenvalue weighted by molar-refractivity contribution is 5.83. The molecular weight excluding hydrogens is 174 g/mol. The highest BCUT2D eigenvalue weighted by Gasteiger charge is 2.06. The third-order valence-electron chi connectivity index (χ3n) is 2.20. The second kappa shape index (κ2) is 3.15. The molecule has 0 unspecified atom stereocenters. The molecule has 70 valence electrons. The van der Waals surface area contributed by atoms with Crippen molar-refractivity contribution in [2.45, 2.75) is 19.9 Å². The zero-order chi connectivity index (χ0) is 10.1. The van der Waals surface area contributed by atoms with E-state index >= 15 is 0 Å². The third kappa shape index (κ3) is 1.25. The van der Waals surface area contributed by atoms with Gasteiger partial charge in [-0.1, -0.05) is 12.1 Å². The minimum Gasteiger partial charge on any atom is -0.269 e. The van der Waals surface area contributed by atoms with Crippen LogP contribution >= 0.6 is 0 Å². The topological polar surface area (TPSA) is 41.6 Å². The summed E-state index contributed by atoms with van der Waals surface area (Å²) in [5.41, 5.74) is 1.44. The second-order valence-electron chi connectivity index (χ2n) is 3.56. The molecule has 1 aromatic heterocycles. The van der Waals surface area contributed by atoms with Gasteiger partial charge in [-0.05, 0) is 19.9 Å². The lowest BCUT2D eigenvalue weighted by molar-refractivity contribution is 0.537. The van der Waals surface area contributed by atoms with Gasteiger partial charge in [0.05, 0.1) is 5.56 Å². The van der Waals surface area contributed by atoms with E-state index < -0.39 is 0 Å². The number of hydrogen-bond donors (Lipinski definition) is 0. The van der Waals surface area contributed by atoms with Crippen molar-refractivity contribution >= 4 is 10.9 Å². The predicted octanol–water partition coefficient (Wildman–Crippen LogP) is 2.49. The summed E-state index contributed by atoms with van der Waals surface area (Å²) in [6.07, 6.45) is 1.97. The Hall–Kier alpha value is -1.82. The average Bonchev–Trinajstić information content (AvgIpc) is 2.60. The number of hydrogen-bond acceptors (Lipinski definition) is 2. The molecule has 0 saturated heterocycles. The number of benzene rings is 1. The van der Waals surface area contributed by atoms with Crippen molar-refractivity contribution in [1.82, 2.24) is 9.78 Å². The van der Waals surface area contributed by atoms with E-state index in [1.165, 1.54) is 0 Å². The summed E-state index contributed by atoms with van der Waals surface area (Å²) in [7, 11) is 0. The van der Waals surface area contributed by atoms with Crippen LogP contribution in [0.25, 0.3) is 10.9 Å². The fraction of sp³-hybridized carbons (Fsp3) is 0.273. The Kier molecular flexibility index (Phi) is 1.97. The van der Waals surface area contributed by atoms with Crippen LogP contribution in [0, 0.1) is 11.3 Å². The van der Waals surface area contributed by atoms with E-state index in [0.717, 1.165) is 10.9 Å². The fourth-order valence-corrected chi connectivity index (χ4v) is 1.42. The zero-order valence-corrected chi connectivity index (χ0v) is 8.23. The van der Waals surface area contributed by atoms with Crippen molar-refractivity contribution in [1.29, 1.82) is 5.26 Å². The molecular formula is C11H11N3. The van der Waals surface area contributed by atoms with Crippen molar-refractivity contribution in [2.75, 3.05) is 0 Å². The Bertz CT molecular complexity index is 503. The molecule has 0 aliphatic rings. The molecule has 2 aromatic rings. The maximum atomic E-state index is 8.88. The van der Waals surface area contributed by atoms with Crippen LogP contribution in [0.2, 0.25) is 0 Å². The minimum atomic E-state index is 0.328. The number of fused-ring (bicyclic) bond motifs is 1. The molecule has 0 radical (unpaired) electrons. The number of nitrogens with zero attached hydrogens (tertiary/aromatic N) is 3. The predicted molar refractivity (Wildman–Crippen MR) is 54.8 cm³/mol. The number of nitriles is 1. The molecule has 3 heteroatoms. The summed E-state index contributed by atoms with van der Waals surface area (Å²) in [6.45, 7) is 4.13. The molecule has 0 N–H and O–H groups in total. The van der Waals surface area contributed by atoms with Crippen LogP contribution in [0.15, 0.2) is 24.4 Å². The van der Waals surface area contributed by atoms with Gasteiger partial charge < -0.3 is 0 Å². The monoisotopic (exact) mass is 185 g/mol. The van der Waals surface area contributed by atoms with Gasteiger partial charge in [0.15, 0.2) is 0 Å². The molecule has 1 aromatic carbocycles. The molecule has 0 bridgehead atoms. The smallest absolute Gasteiger partial charge is 0.110 e. The van der Waals surface area contributed by atoms with Gasteiger partial charge in [-0.2, -0.15) is 10.4 Å². The second-order valence-corrected chi connectivity index (χ2v) is 3.56. The van der Waals surface area contributed by atoms with Crippen LogP contribution in [0.3, 0.4) is 0 Å². The first kappa shape index (κ1) is 8.76. The average molecular weight is 185 g/mol. The van der Waals surface area contributed by atoms with Crippen molar-refractivity contribution in [3.63, 3.8) is 0 Å². The van der Waals surface area contributed by atoms with Gasteiger partial charge in [-0.3, -0.25) is 4.68 Å². The van der Waals surface area contributed by atoms with E-state index in [0.29, 0.717) is 11.6 Å². The molecule has 0 fully saturated rings. The largest absolute Gasteiger partial charge is 0.269 e. The van der Waals surface area contributed by atoms with Gasteiger partial charge in [-0.15, -0.1) is 0 Å². The summed E-state index contributed by atoms with van der Waals surface area (Å²) >= 11 is 0. The molecule has 0 atom stereocenters. The Balaban J connectivity index is 2.72. The van der Waals surface area contributed by atoms with Gasteiger partial charge in [0, 0.05) is 17.6 Å². The molecule has 14 heavy (non-hydrogen) atoms. The standard InChI is InChI=1S/C11H11N3/c1-8(2)14-7-10-5-3-4-9(6-12)11(10)13-14/h3-5,7-8H,1-2H3. The Morgan fingerprint density at radius 3 is 2.86 bits per heavy atom. The maximum absolute atomic E-state index is 8.88. The van der Waals surface area contributed by atoms with Crippen LogP contribution in [0.1, 0.15) is 25.5 Å². The van der Waals surface area contributed by atoms with Crippen LogP contribution < -0.4 is 0 Å². The van der Waals surface area contributed by atoms with Gasteiger partial charge >= 0.3 is 0 Å². The molecule has 0 aliphatic heterocycles. The number of rotatable bonds is 1. The first-order valence-electron chi connectivity index (χ1n) is 4.60. The van der Waals surface area contributed by atoms with Gasteiger partial charge in [0.2, 0.25) is 0 Å². The van der Waals surface area contributed by atoms with Crippen molar-refractivity contribution in [3.8, 4) is 6.07 Å². The molecule has 0 aliphatic carbocycles. The minimum absolute atomic E-state index is 0.328. The van der Waals surface area contributed by atoms with Crippen molar-refractivity contribution < 1.29 is 0 Å². The third-order valence-corrected chi connectivity index (χ3v) is 2.20. The first-order valence-corrected chi connectivity index (χ1v) is 4.60. The van der Waals surface area contributed by atoms with Crippen LogP contribution in [-0.2, 0) is 0 Å². The normalized spacial score (nSPS) is 10.7. The lowest BCUT2D eigenvalue weighted by Crippen LogP contribution is -2.00. The van der Waals surface area contributed by atoms with Crippen LogP contribution in [0.5, 0.6) is 0 Å². The Morgan fingerprint density at radius 2 is 2.21 bits per heavy atom. The molecule has 2 rings (SSSR count). The quantitative estimate of drug-likeness (QED) is 0.684. The molecule has 0 spiro atoms. The van der Waals surface area contributed by atoms with Gasteiger partial charge in [-0.25, -0.2) is 0 Å². The van der Waals surface area contributed by atoms with E-state index in [-0.39, 0.29) is 0 Å². The highest BCUT2D eigenvalue weighted by atomic mass is 15.3. The number of aromatic nitrogens is 2. The lowest BCUT2D eigenvalue weighted by atomic mass is 10.2. The zero-order valence-electron chi connectivity index (χ0n) is 8.23. The molecule has 3 nitrogen and oxygen atoms in total. The molecule has 1 heterocycles. The Morgan fingerprint density at radius 1 is 1.43 bits per heavy atom. The highest BCUT2D eigenvalue weighted by Crippen LogP contribution is 2.18. The van der Waals surface area contributed by atoms with E-state index in [1.807, 2.05) is 23.0 Å². The summed E-state index contributed by atoms with van der Waals surface area (Å²) in [5, 5.41) is 14.3. The van der Waals surface area contributed by atoms with E-state index in [2.05, 4.69) is 25.0 Å². The summed E-state index contributed by atoms with van der Waals surface area (Å²) in [6, 6.07) is 8.12. The van der Waals surface area contributed by atoms with Crippen molar-refractivity contribution in [3.05, 3.63) is 30.0 Å². The SMILES string of the molecule is CC(C)n1cc2cccc(C#N)c2n1. The molecule has 0 amide bonds. The van der Waals surface area contributed by atoms with Gasteiger partial charge in [0.25, 0.3) is 0 Å². The summed E-state index contributed by atoms with van der Waals surface area (Å²) < 4.78 is 1.88. The van der Waals surface area contributed by atoms with Crippen LogP contribution in [0.4, 0.5) is 0 Å². The first-order chi connectivity index (χ1) is 6.72. The lowest BCUT2D eigenvalue weighted by Gasteiger charge is -2.02. The van der Waals surface area contributed by atoms with Crippen LogP contribution in [-0.4, -0.2) is 9.78 Å². The van der Waals surface area contributed by atoms with E-state index in [9.17, 15) is 0 Å².